The molecule has 0 N–H and O–H groups in total. The molecule has 3 rings (SSSR count). The van der Waals surface area contributed by atoms with Gasteiger partial charge in [0.05, 0.1) is 4.58 Å². The van der Waals surface area contributed by atoms with E-state index in [0.717, 1.165) is 11.5 Å². The molecule has 0 bridgehead atoms. The summed E-state index contributed by atoms with van der Waals surface area (Å²) < 4.78 is 0.450. The van der Waals surface area contributed by atoms with E-state index in [-0.39, 0.29) is 0 Å². The molecule has 0 aliphatic rings. The van der Waals surface area contributed by atoms with Gasteiger partial charge >= 0.3 is 0 Å². The molecule has 24 heavy (non-hydrogen) atoms. The smallest absolute Gasteiger partial charge is 0.0757 e. The topological polar surface area (TPSA) is 0 Å². The van der Waals surface area contributed by atoms with Crippen LogP contribution >= 0.6 is 23.5 Å². The first-order valence-corrected chi connectivity index (χ1v) is 10.3. The number of aryl methyl sites for hydroxylation is 1. The Bertz CT molecular complexity index is 677. The molecule has 0 aliphatic heterocycles. The first-order chi connectivity index (χ1) is 11.8. The summed E-state index contributed by atoms with van der Waals surface area (Å²) in [5, 5.41) is 0. The molecule has 0 spiro atoms. The lowest BCUT2D eigenvalue weighted by Gasteiger charge is -2.17. The highest BCUT2D eigenvalue weighted by atomic mass is 32.2. The van der Waals surface area contributed by atoms with Crippen LogP contribution in [0.3, 0.4) is 0 Å². The average Bonchev–Trinajstić information content (AvgIpc) is 2.64. The fourth-order valence-corrected chi connectivity index (χ4v) is 5.02. The summed E-state index contributed by atoms with van der Waals surface area (Å²) in [6.45, 7) is 2.15. The molecule has 0 saturated carbocycles. The lowest BCUT2D eigenvalue weighted by Crippen LogP contribution is -1.93. The number of hydrogen-bond acceptors (Lipinski definition) is 2. The van der Waals surface area contributed by atoms with Crippen LogP contribution in [0, 0.1) is 6.92 Å². The maximum absolute atomic E-state index is 2.27. The summed E-state index contributed by atoms with van der Waals surface area (Å²) in [6.07, 6.45) is 0. The van der Waals surface area contributed by atoms with Crippen molar-refractivity contribution in [1.82, 2.24) is 0 Å². The Morgan fingerprint density at radius 3 is 1.54 bits per heavy atom. The standard InChI is InChI=1S/C22H22S2/c1-18-12-14-21(15-13-18)22(23-16-19-8-4-2-5-9-19)24-17-20-10-6-3-7-11-20/h2-15,22H,16-17H2,1H3. The summed E-state index contributed by atoms with van der Waals surface area (Å²) in [4.78, 5) is 0. The van der Waals surface area contributed by atoms with E-state index in [9.17, 15) is 0 Å². The van der Waals surface area contributed by atoms with Crippen LogP contribution in [-0.4, -0.2) is 0 Å². The molecule has 2 heteroatoms. The first kappa shape index (κ1) is 17.2. The van der Waals surface area contributed by atoms with Gasteiger partial charge in [-0.1, -0.05) is 90.5 Å². The van der Waals surface area contributed by atoms with E-state index in [1.54, 1.807) is 0 Å². The Labute approximate surface area is 153 Å². The third kappa shape index (κ3) is 5.19. The van der Waals surface area contributed by atoms with Gasteiger partial charge in [0.25, 0.3) is 0 Å². The molecule has 0 nitrogen and oxygen atoms in total. The summed E-state index contributed by atoms with van der Waals surface area (Å²) in [7, 11) is 0. The van der Waals surface area contributed by atoms with Crippen molar-refractivity contribution in [3.63, 3.8) is 0 Å². The highest BCUT2D eigenvalue weighted by molar-refractivity contribution is 8.15. The molecule has 0 aliphatic carbocycles. The molecular weight excluding hydrogens is 328 g/mol. The number of benzene rings is 3. The fraction of sp³-hybridized carbons (Fsp3) is 0.182. The number of rotatable bonds is 7. The summed E-state index contributed by atoms with van der Waals surface area (Å²) in [6, 6.07) is 30.5. The SMILES string of the molecule is Cc1ccc(C(SCc2ccccc2)SCc2ccccc2)cc1. The second-order valence-electron chi connectivity index (χ2n) is 5.84. The molecule has 0 aromatic heterocycles. The highest BCUT2D eigenvalue weighted by Gasteiger charge is 2.13. The quantitative estimate of drug-likeness (QED) is 0.427. The summed E-state index contributed by atoms with van der Waals surface area (Å²) >= 11 is 4.03. The Morgan fingerprint density at radius 2 is 1.08 bits per heavy atom. The average molecular weight is 351 g/mol. The Hall–Kier alpha value is -1.64. The molecule has 0 atom stereocenters. The van der Waals surface area contributed by atoms with Gasteiger partial charge in [-0.05, 0) is 23.6 Å². The lowest BCUT2D eigenvalue weighted by molar-refractivity contribution is 1.30. The zero-order valence-electron chi connectivity index (χ0n) is 13.9. The molecule has 0 radical (unpaired) electrons. The molecule has 0 unspecified atom stereocenters. The van der Waals surface area contributed by atoms with Crippen LogP contribution in [0.2, 0.25) is 0 Å². The van der Waals surface area contributed by atoms with Gasteiger partial charge in [0.15, 0.2) is 0 Å². The van der Waals surface area contributed by atoms with Gasteiger partial charge < -0.3 is 0 Å². The van der Waals surface area contributed by atoms with Crippen LogP contribution in [0.1, 0.15) is 26.8 Å². The van der Waals surface area contributed by atoms with Crippen molar-refractivity contribution in [2.24, 2.45) is 0 Å². The van der Waals surface area contributed by atoms with E-state index in [1.165, 1.54) is 22.3 Å². The zero-order chi connectivity index (χ0) is 16.6. The molecular formula is C22H22S2. The monoisotopic (exact) mass is 350 g/mol. The Morgan fingerprint density at radius 1 is 0.625 bits per heavy atom. The second-order valence-corrected chi connectivity index (χ2v) is 8.32. The highest BCUT2D eigenvalue weighted by Crippen LogP contribution is 2.42. The van der Waals surface area contributed by atoms with E-state index in [2.05, 4.69) is 91.9 Å². The van der Waals surface area contributed by atoms with E-state index in [0.29, 0.717) is 4.58 Å². The van der Waals surface area contributed by atoms with Crippen molar-refractivity contribution in [2.75, 3.05) is 0 Å². The molecule has 3 aromatic rings. The third-order valence-corrected chi connectivity index (χ3v) is 6.80. The Kier molecular flexibility index (Phi) is 6.45. The van der Waals surface area contributed by atoms with Crippen LogP contribution < -0.4 is 0 Å². The van der Waals surface area contributed by atoms with Crippen LogP contribution in [-0.2, 0) is 11.5 Å². The maximum Gasteiger partial charge on any atom is 0.0757 e. The van der Waals surface area contributed by atoms with E-state index >= 15 is 0 Å². The second kappa shape index (κ2) is 9.00. The summed E-state index contributed by atoms with van der Waals surface area (Å²) in [5.41, 5.74) is 5.50. The molecule has 122 valence electrons. The van der Waals surface area contributed by atoms with Crippen molar-refractivity contribution in [3.8, 4) is 0 Å². The summed E-state index contributed by atoms with van der Waals surface area (Å²) in [5.74, 6) is 2.09. The lowest BCUT2D eigenvalue weighted by atomic mass is 10.2. The van der Waals surface area contributed by atoms with Gasteiger partial charge in [0, 0.05) is 11.5 Å². The van der Waals surface area contributed by atoms with E-state index in [4.69, 9.17) is 0 Å². The largest absolute Gasteiger partial charge is 0.138 e. The first-order valence-electron chi connectivity index (χ1n) is 8.19. The Balaban J connectivity index is 1.69. The van der Waals surface area contributed by atoms with Crippen LogP contribution in [0.25, 0.3) is 0 Å². The maximum atomic E-state index is 2.27. The number of thioether (sulfide) groups is 2. The number of hydrogen-bond donors (Lipinski definition) is 0. The fourth-order valence-electron chi connectivity index (χ4n) is 2.46. The van der Waals surface area contributed by atoms with Gasteiger partial charge in [0.1, 0.15) is 0 Å². The third-order valence-electron chi connectivity index (χ3n) is 3.84. The van der Waals surface area contributed by atoms with Gasteiger partial charge in [-0.15, -0.1) is 23.5 Å². The zero-order valence-corrected chi connectivity index (χ0v) is 15.5. The van der Waals surface area contributed by atoms with Crippen LogP contribution in [0.15, 0.2) is 84.9 Å². The normalized spacial score (nSPS) is 10.9. The van der Waals surface area contributed by atoms with Gasteiger partial charge in [-0.2, -0.15) is 0 Å². The van der Waals surface area contributed by atoms with Crippen molar-refractivity contribution in [1.29, 1.82) is 0 Å². The minimum Gasteiger partial charge on any atom is -0.138 e. The van der Waals surface area contributed by atoms with Crippen LogP contribution in [0.4, 0.5) is 0 Å². The van der Waals surface area contributed by atoms with Crippen molar-refractivity contribution >= 4 is 23.5 Å². The van der Waals surface area contributed by atoms with E-state index in [1.807, 2.05) is 23.5 Å². The molecule has 0 saturated heterocycles. The minimum absolute atomic E-state index is 0.450. The van der Waals surface area contributed by atoms with Crippen LogP contribution in [0.5, 0.6) is 0 Å². The van der Waals surface area contributed by atoms with Gasteiger partial charge in [-0.25, -0.2) is 0 Å². The van der Waals surface area contributed by atoms with Gasteiger partial charge in [-0.3, -0.25) is 0 Å². The molecule has 0 fully saturated rings. The van der Waals surface area contributed by atoms with Crippen molar-refractivity contribution < 1.29 is 0 Å². The predicted molar refractivity (Wildman–Crippen MR) is 109 cm³/mol. The molecule has 3 aromatic carbocycles. The predicted octanol–water partition coefficient (Wildman–Crippen LogP) is 6.86. The molecule has 0 heterocycles. The van der Waals surface area contributed by atoms with E-state index < -0.39 is 0 Å². The minimum atomic E-state index is 0.450. The van der Waals surface area contributed by atoms with Gasteiger partial charge in [0.2, 0.25) is 0 Å². The van der Waals surface area contributed by atoms with Crippen molar-refractivity contribution in [2.45, 2.75) is 23.0 Å². The van der Waals surface area contributed by atoms with Crippen molar-refractivity contribution in [3.05, 3.63) is 107 Å². The molecule has 0 amide bonds.